The van der Waals surface area contributed by atoms with Crippen LogP contribution in [0.15, 0.2) is 24.8 Å². The van der Waals surface area contributed by atoms with E-state index >= 15 is 0 Å². The van der Waals surface area contributed by atoms with Gasteiger partial charge in [0.25, 0.3) is 0 Å². The van der Waals surface area contributed by atoms with Gasteiger partial charge in [-0.3, -0.25) is 0 Å². The first-order valence-corrected chi connectivity index (χ1v) is 6.70. The molecule has 0 atom stereocenters. The molecule has 2 heterocycles. The van der Waals surface area contributed by atoms with Gasteiger partial charge in [0, 0.05) is 51.7 Å². The van der Waals surface area contributed by atoms with Crippen LogP contribution in [0.2, 0.25) is 0 Å². The number of unbranched alkanes of at least 4 members (excludes halogenated alkanes) is 3. The zero-order valence-corrected chi connectivity index (χ0v) is 11.3. The molecule has 0 aliphatic carbocycles. The van der Waals surface area contributed by atoms with Crippen LogP contribution in [0.1, 0.15) is 37.3 Å². The molecule has 0 fully saturated rings. The zero-order valence-electron chi connectivity index (χ0n) is 11.3. The quantitative estimate of drug-likeness (QED) is 0.704. The Kier molecular flexibility index (Phi) is 4.56. The fraction of sp³-hybridized carbons (Fsp3) is 0.571. The lowest BCUT2D eigenvalue weighted by molar-refractivity contribution is 0.606. The molecule has 0 saturated carbocycles. The summed E-state index contributed by atoms with van der Waals surface area (Å²) in [5.41, 5.74) is 0. The van der Waals surface area contributed by atoms with Gasteiger partial charge in [0.1, 0.15) is 11.6 Å². The molecule has 4 heteroatoms. The van der Waals surface area contributed by atoms with E-state index in [4.69, 9.17) is 0 Å². The van der Waals surface area contributed by atoms with Crippen molar-refractivity contribution in [2.75, 3.05) is 0 Å². The molecule has 0 aromatic carbocycles. The van der Waals surface area contributed by atoms with Crippen LogP contribution in [0.25, 0.3) is 0 Å². The smallest absolute Gasteiger partial charge is 0.108 e. The molecule has 0 N–H and O–H groups in total. The number of imidazole rings is 2. The van der Waals surface area contributed by atoms with Gasteiger partial charge in [-0.15, -0.1) is 0 Å². The van der Waals surface area contributed by atoms with Gasteiger partial charge >= 0.3 is 0 Å². The summed E-state index contributed by atoms with van der Waals surface area (Å²) in [4.78, 5) is 8.67. The topological polar surface area (TPSA) is 35.6 Å². The average Bonchev–Trinajstić information content (AvgIpc) is 2.94. The summed E-state index contributed by atoms with van der Waals surface area (Å²) in [6, 6.07) is 0. The number of hydrogen-bond acceptors (Lipinski definition) is 2. The van der Waals surface area contributed by atoms with E-state index in [1.807, 2.05) is 24.8 Å². The van der Waals surface area contributed by atoms with Crippen molar-refractivity contribution in [3.05, 3.63) is 36.4 Å². The highest BCUT2D eigenvalue weighted by atomic mass is 15.0. The van der Waals surface area contributed by atoms with Crippen LogP contribution in [-0.4, -0.2) is 19.1 Å². The van der Waals surface area contributed by atoms with E-state index in [0.717, 1.165) is 12.8 Å². The lowest BCUT2D eigenvalue weighted by Gasteiger charge is -2.03. The van der Waals surface area contributed by atoms with E-state index in [2.05, 4.69) is 33.2 Å². The maximum Gasteiger partial charge on any atom is 0.108 e. The van der Waals surface area contributed by atoms with Crippen LogP contribution in [0, 0.1) is 0 Å². The second-order valence-corrected chi connectivity index (χ2v) is 4.82. The van der Waals surface area contributed by atoms with Crippen LogP contribution in [0.3, 0.4) is 0 Å². The summed E-state index contributed by atoms with van der Waals surface area (Å²) >= 11 is 0. The zero-order chi connectivity index (χ0) is 12.8. The summed E-state index contributed by atoms with van der Waals surface area (Å²) in [7, 11) is 4.12. The van der Waals surface area contributed by atoms with Crippen molar-refractivity contribution in [3.63, 3.8) is 0 Å². The highest BCUT2D eigenvalue weighted by molar-refractivity contribution is 4.92. The van der Waals surface area contributed by atoms with Gasteiger partial charge in [-0.05, 0) is 12.8 Å². The third kappa shape index (κ3) is 3.45. The highest BCUT2D eigenvalue weighted by Crippen LogP contribution is 2.08. The third-order valence-electron chi connectivity index (χ3n) is 3.39. The molecule has 2 aromatic heterocycles. The molecule has 0 aliphatic rings. The van der Waals surface area contributed by atoms with E-state index < -0.39 is 0 Å². The largest absolute Gasteiger partial charge is 0.338 e. The molecule has 2 aromatic rings. The van der Waals surface area contributed by atoms with Crippen molar-refractivity contribution in [2.24, 2.45) is 14.1 Å². The van der Waals surface area contributed by atoms with Crippen molar-refractivity contribution in [1.29, 1.82) is 0 Å². The van der Waals surface area contributed by atoms with Crippen molar-refractivity contribution in [1.82, 2.24) is 19.1 Å². The molecular weight excluding hydrogens is 224 g/mol. The van der Waals surface area contributed by atoms with E-state index in [1.54, 1.807) is 0 Å². The van der Waals surface area contributed by atoms with Gasteiger partial charge in [0.15, 0.2) is 0 Å². The fourth-order valence-electron chi connectivity index (χ4n) is 2.19. The summed E-state index contributed by atoms with van der Waals surface area (Å²) < 4.78 is 4.21. The predicted molar refractivity (Wildman–Crippen MR) is 72.3 cm³/mol. The number of aromatic nitrogens is 4. The summed E-state index contributed by atoms with van der Waals surface area (Å²) in [5.74, 6) is 2.39. The first kappa shape index (κ1) is 12.9. The molecule has 2 rings (SSSR count). The Hall–Kier alpha value is -1.58. The molecule has 0 spiro atoms. The normalized spacial score (nSPS) is 11.0. The van der Waals surface area contributed by atoms with Gasteiger partial charge in [-0.25, -0.2) is 9.97 Å². The minimum absolute atomic E-state index is 1.09. The number of aryl methyl sites for hydroxylation is 4. The molecule has 4 nitrogen and oxygen atoms in total. The Balaban J connectivity index is 1.57. The molecule has 0 unspecified atom stereocenters. The minimum Gasteiger partial charge on any atom is -0.338 e. The lowest BCUT2D eigenvalue weighted by Crippen LogP contribution is -1.98. The molecule has 0 bridgehead atoms. The third-order valence-corrected chi connectivity index (χ3v) is 3.39. The summed E-state index contributed by atoms with van der Waals surface area (Å²) in [6.07, 6.45) is 14.9. The Morgan fingerprint density at radius 2 is 1.22 bits per heavy atom. The van der Waals surface area contributed by atoms with Crippen molar-refractivity contribution < 1.29 is 0 Å². The van der Waals surface area contributed by atoms with Crippen LogP contribution in [-0.2, 0) is 26.9 Å². The SMILES string of the molecule is Cn1ccnc1CCCCCCc1nccn1C. The highest BCUT2D eigenvalue weighted by Gasteiger charge is 2.00. The van der Waals surface area contributed by atoms with Crippen molar-refractivity contribution in [2.45, 2.75) is 38.5 Å². The number of nitrogens with zero attached hydrogens (tertiary/aromatic N) is 4. The van der Waals surface area contributed by atoms with Crippen LogP contribution < -0.4 is 0 Å². The fourth-order valence-corrected chi connectivity index (χ4v) is 2.19. The first-order chi connectivity index (χ1) is 8.77. The van der Waals surface area contributed by atoms with Crippen LogP contribution >= 0.6 is 0 Å². The maximum atomic E-state index is 4.34. The molecule has 98 valence electrons. The average molecular weight is 246 g/mol. The second kappa shape index (κ2) is 6.38. The molecule has 0 saturated heterocycles. The molecule has 0 amide bonds. The van der Waals surface area contributed by atoms with E-state index in [-0.39, 0.29) is 0 Å². The summed E-state index contributed by atoms with van der Waals surface area (Å²) in [5, 5.41) is 0. The predicted octanol–water partition coefficient (Wildman–Crippen LogP) is 2.50. The maximum absolute atomic E-state index is 4.34. The van der Waals surface area contributed by atoms with Gasteiger partial charge in [0.05, 0.1) is 0 Å². The van der Waals surface area contributed by atoms with Gasteiger partial charge in [-0.1, -0.05) is 12.8 Å². The monoisotopic (exact) mass is 246 g/mol. The Labute approximate surface area is 109 Å². The molecule has 0 aliphatic heterocycles. The molecular formula is C14H22N4. The summed E-state index contributed by atoms with van der Waals surface area (Å²) in [6.45, 7) is 0. The van der Waals surface area contributed by atoms with Crippen molar-refractivity contribution in [3.8, 4) is 0 Å². The van der Waals surface area contributed by atoms with Crippen LogP contribution in [0.4, 0.5) is 0 Å². The van der Waals surface area contributed by atoms with E-state index in [0.29, 0.717) is 0 Å². The number of hydrogen-bond donors (Lipinski definition) is 0. The van der Waals surface area contributed by atoms with Crippen LogP contribution in [0.5, 0.6) is 0 Å². The van der Waals surface area contributed by atoms with E-state index in [9.17, 15) is 0 Å². The van der Waals surface area contributed by atoms with Gasteiger partial charge < -0.3 is 9.13 Å². The lowest BCUT2D eigenvalue weighted by atomic mass is 10.1. The Bertz CT molecular complexity index is 425. The number of rotatable bonds is 7. The molecule has 0 radical (unpaired) electrons. The first-order valence-electron chi connectivity index (χ1n) is 6.70. The Morgan fingerprint density at radius 1 is 0.778 bits per heavy atom. The minimum atomic E-state index is 1.09. The van der Waals surface area contributed by atoms with Gasteiger partial charge in [0.2, 0.25) is 0 Å². The van der Waals surface area contributed by atoms with Gasteiger partial charge in [-0.2, -0.15) is 0 Å². The standard InChI is InChI=1S/C14H22N4/c1-17-11-9-15-13(17)7-5-3-4-6-8-14-16-10-12-18(14)2/h9-12H,3-8H2,1-2H3. The Morgan fingerprint density at radius 3 is 1.56 bits per heavy atom. The van der Waals surface area contributed by atoms with Crippen molar-refractivity contribution >= 4 is 0 Å². The van der Waals surface area contributed by atoms with E-state index in [1.165, 1.54) is 37.3 Å². The second-order valence-electron chi connectivity index (χ2n) is 4.82. The molecule has 18 heavy (non-hydrogen) atoms.